The minimum atomic E-state index is -0.0225. The highest BCUT2D eigenvalue weighted by Crippen LogP contribution is 2.15. The molecule has 1 saturated heterocycles. The van der Waals surface area contributed by atoms with E-state index in [-0.39, 0.29) is 25.1 Å². The van der Waals surface area contributed by atoms with Crippen LogP contribution >= 0.6 is 0 Å². The Morgan fingerprint density at radius 1 is 1.55 bits per heavy atom. The third kappa shape index (κ3) is 4.31. The number of carbonyl (C=O) groups is 1. The SMILES string of the molecule is Cc1cnn(CC(=O)NCCN2CCCCC2CO)c1. The first-order chi connectivity index (χ1) is 9.69. The summed E-state index contributed by atoms with van der Waals surface area (Å²) in [5.74, 6) is -0.0225. The van der Waals surface area contributed by atoms with E-state index in [4.69, 9.17) is 0 Å². The summed E-state index contributed by atoms with van der Waals surface area (Å²) in [7, 11) is 0. The van der Waals surface area contributed by atoms with Gasteiger partial charge >= 0.3 is 0 Å². The van der Waals surface area contributed by atoms with Crippen LogP contribution in [0.1, 0.15) is 24.8 Å². The molecular weight excluding hydrogens is 256 g/mol. The van der Waals surface area contributed by atoms with Gasteiger partial charge in [0.05, 0.1) is 12.8 Å². The number of aliphatic hydroxyl groups is 1. The van der Waals surface area contributed by atoms with Gasteiger partial charge in [0, 0.05) is 25.3 Å². The first kappa shape index (κ1) is 15.0. The lowest BCUT2D eigenvalue weighted by Gasteiger charge is -2.34. The summed E-state index contributed by atoms with van der Waals surface area (Å²) in [5, 5.41) is 16.3. The van der Waals surface area contributed by atoms with Crippen LogP contribution in [0.4, 0.5) is 0 Å². The normalized spacial score (nSPS) is 20.0. The van der Waals surface area contributed by atoms with E-state index in [1.807, 2.05) is 13.1 Å². The van der Waals surface area contributed by atoms with Crippen LogP contribution in [0.2, 0.25) is 0 Å². The number of nitrogens with one attached hydrogen (secondary N) is 1. The predicted molar refractivity (Wildman–Crippen MR) is 76.3 cm³/mol. The highest BCUT2D eigenvalue weighted by Gasteiger charge is 2.20. The van der Waals surface area contributed by atoms with E-state index < -0.39 is 0 Å². The smallest absolute Gasteiger partial charge is 0.241 e. The third-order valence-electron chi connectivity index (χ3n) is 3.75. The van der Waals surface area contributed by atoms with Gasteiger partial charge in [0.25, 0.3) is 0 Å². The van der Waals surface area contributed by atoms with Crippen LogP contribution in [0.15, 0.2) is 12.4 Å². The van der Waals surface area contributed by atoms with E-state index in [1.54, 1.807) is 10.9 Å². The molecule has 1 aliphatic heterocycles. The van der Waals surface area contributed by atoms with Crippen molar-refractivity contribution in [3.63, 3.8) is 0 Å². The van der Waals surface area contributed by atoms with Gasteiger partial charge in [0.15, 0.2) is 0 Å². The van der Waals surface area contributed by atoms with Gasteiger partial charge in [-0.2, -0.15) is 5.10 Å². The summed E-state index contributed by atoms with van der Waals surface area (Å²) < 4.78 is 1.64. The average Bonchev–Trinajstić information content (AvgIpc) is 2.84. The zero-order valence-electron chi connectivity index (χ0n) is 12.1. The van der Waals surface area contributed by atoms with Gasteiger partial charge in [-0.3, -0.25) is 14.4 Å². The van der Waals surface area contributed by atoms with Crippen molar-refractivity contribution in [2.45, 2.75) is 38.8 Å². The number of hydrogen-bond donors (Lipinski definition) is 2. The van der Waals surface area contributed by atoms with Crippen LogP contribution in [0.3, 0.4) is 0 Å². The Kier molecular flexibility index (Phi) is 5.55. The zero-order valence-corrected chi connectivity index (χ0v) is 12.1. The number of nitrogens with zero attached hydrogens (tertiary/aromatic N) is 3. The molecule has 20 heavy (non-hydrogen) atoms. The number of piperidine rings is 1. The Labute approximate surface area is 119 Å². The summed E-state index contributed by atoms with van der Waals surface area (Å²) in [6.45, 7) is 4.86. The summed E-state index contributed by atoms with van der Waals surface area (Å²) in [5.41, 5.74) is 1.05. The second kappa shape index (κ2) is 7.40. The number of carbonyl (C=O) groups excluding carboxylic acids is 1. The van der Waals surface area contributed by atoms with Crippen molar-refractivity contribution in [2.24, 2.45) is 0 Å². The molecule has 0 aromatic carbocycles. The number of hydrogen-bond acceptors (Lipinski definition) is 4. The summed E-state index contributed by atoms with van der Waals surface area (Å²) in [6.07, 6.45) is 7.01. The molecule has 1 aromatic heterocycles. The van der Waals surface area contributed by atoms with E-state index in [9.17, 15) is 9.90 Å². The van der Waals surface area contributed by atoms with Gasteiger partial charge in [-0.25, -0.2) is 0 Å². The largest absolute Gasteiger partial charge is 0.395 e. The fourth-order valence-electron chi connectivity index (χ4n) is 2.66. The Morgan fingerprint density at radius 3 is 3.10 bits per heavy atom. The van der Waals surface area contributed by atoms with Crippen LogP contribution in [-0.4, -0.2) is 58.0 Å². The Bertz CT molecular complexity index is 433. The van der Waals surface area contributed by atoms with E-state index in [0.717, 1.165) is 25.1 Å². The number of aliphatic hydroxyl groups excluding tert-OH is 1. The van der Waals surface area contributed by atoms with Crippen LogP contribution in [-0.2, 0) is 11.3 Å². The topological polar surface area (TPSA) is 70.4 Å². The molecule has 112 valence electrons. The first-order valence-electron chi connectivity index (χ1n) is 7.29. The van der Waals surface area contributed by atoms with Crippen LogP contribution in [0.25, 0.3) is 0 Å². The van der Waals surface area contributed by atoms with Crippen molar-refractivity contribution in [2.75, 3.05) is 26.2 Å². The number of aryl methyl sites for hydroxylation is 1. The monoisotopic (exact) mass is 280 g/mol. The van der Waals surface area contributed by atoms with Crippen molar-refractivity contribution in [1.29, 1.82) is 0 Å². The minimum Gasteiger partial charge on any atom is -0.395 e. The van der Waals surface area contributed by atoms with Crippen molar-refractivity contribution in [3.05, 3.63) is 18.0 Å². The van der Waals surface area contributed by atoms with Gasteiger partial charge in [0.2, 0.25) is 5.91 Å². The molecule has 2 heterocycles. The quantitative estimate of drug-likeness (QED) is 0.778. The minimum absolute atomic E-state index is 0.0225. The summed E-state index contributed by atoms with van der Waals surface area (Å²) in [4.78, 5) is 14.0. The molecule has 0 aliphatic carbocycles. The molecule has 1 fully saturated rings. The second-order valence-electron chi connectivity index (χ2n) is 5.43. The number of likely N-dealkylation sites (tertiary alicyclic amines) is 1. The lowest BCUT2D eigenvalue weighted by Crippen LogP contribution is -2.45. The highest BCUT2D eigenvalue weighted by atomic mass is 16.3. The average molecular weight is 280 g/mol. The maximum absolute atomic E-state index is 11.8. The van der Waals surface area contributed by atoms with Gasteiger partial charge in [-0.05, 0) is 31.9 Å². The highest BCUT2D eigenvalue weighted by molar-refractivity contribution is 5.75. The molecule has 1 amide bonds. The molecule has 1 aromatic rings. The first-order valence-corrected chi connectivity index (χ1v) is 7.29. The van der Waals surface area contributed by atoms with E-state index >= 15 is 0 Å². The molecule has 1 unspecified atom stereocenters. The van der Waals surface area contributed by atoms with Crippen LogP contribution < -0.4 is 5.32 Å². The van der Waals surface area contributed by atoms with E-state index in [2.05, 4.69) is 15.3 Å². The lowest BCUT2D eigenvalue weighted by molar-refractivity contribution is -0.121. The van der Waals surface area contributed by atoms with Gasteiger partial charge in [0.1, 0.15) is 6.54 Å². The van der Waals surface area contributed by atoms with Crippen LogP contribution in [0.5, 0.6) is 0 Å². The molecule has 0 spiro atoms. The Hall–Kier alpha value is -1.40. The van der Waals surface area contributed by atoms with Gasteiger partial charge in [-0.15, -0.1) is 0 Å². The molecular formula is C14H24N4O2. The van der Waals surface area contributed by atoms with Crippen LogP contribution in [0, 0.1) is 6.92 Å². The Morgan fingerprint density at radius 2 is 2.40 bits per heavy atom. The molecule has 1 aliphatic rings. The van der Waals surface area contributed by atoms with Crippen molar-refractivity contribution < 1.29 is 9.90 Å². The zero-order chi connectivity index (χ0) is 14.4. The number of amides is 1. The molecule has 2 rings (SSSR count). The maximum atomic E-state index is 11.8. The van der Waals surface area contributed by atoms with Crippen molar-refractivity contribution in [1.82, 2.24) is 20.0 Å². The van der Waals surface area contributed by atoms with Crippen molar-refractivity contribution in [3.8, 4) is 0 Å². The van der Waals surface area contributed by atoms with E-state index in [0.29, 0.717) is 6.54 Å². The molecule has 6 nitrogen and oxygen atoms in total. The number of aromatic nitrogens is 2. The molecule has 6 heteroatoms. The predicted octanol–water partition coefficient (Wildman–Crippen LogP) is 0.155. The standard InChI is InChI=1S/C14H24N4O2/c1-12-8-16-18(9-12)10-14(20)15-5-7-17-6-3-2-4-13(17)11-19/h8-9,13,19H,2-7,10-11H2,1H3,(H,15,20). The summed E-state index contributed by atoms with van der Waals surface area (Å²) in [6, 6.07) is 0.259. The molecule has 2 N–H and O–H groups in total. The molecule has 0 saturated carbocycles. The Balaban J connectivity index is 1.68. The fraction of sp³-hybridized carbons (Fsp3) is 0.714. The number of rotatable bonds is 6. The van der Waals surface area contributed by atoms with Gasteiger partial charge < -0.3 is 10.4 Å². The molecule has 0 radical (unpaired) electrons. The third-order valence-corrected chi connectivity index (χ3v) is 3.75. The summed E-state index contributed by atoms with van der Waals surface area (Å²) >= 11 is 0. The second-order valence-corrected chi connectivity index (χ2v) is 5.43. The van der Waals surface area contributed by atoms with E-state index in [1.165, 1.54) is 12.8 Å². The lowest BCUT2D eigenvalue weighted by atomic mass is 10.0. The van der Waals surface area contributed by atoms with Gasteiger partial charge in [-0.1, -0.05) is 6.42 Å². The molecule has 0 bridgehead atoms. The fourth-order valence-corrected chi connectivity index (χ4v) is 2.66. The van der Waals surface area contributed by atoms with Crippen molar-refractivity contribution >= 4 is 5.91 Å². The molecule has 1 atom stereocenters. The maximum Gasteiger partial charge on any atom is 0.241 e.